The van der Waals surface area contributed by atoms with Crippen molar-refractivity contribution in [3.63, 3.8) is 0 Å². The van der Waals surface area contributed by atoms with E-state index in [4.69, 9.17) is 15.2 Å². The minimum Gasteiger partial charge on any atom is -0.497 e. The van der Waals surface area contributed by atoms with E-state index < -0.39 is 11.9 Å². The highest BCUT2D eigenvalue weighted by molar-refractivity contribution is 8.03. The molecule has 7 nitrogen and oxygen atoms in total. The number of benzene rings is 2. The monoisotopic (exact) mass is 433 g/mol. The Balaban J connectivity index is 1.96. The Morgan fingerprint density at radius 1 is 1.23 bits per heavy atom. The van der Waals surface area contributed by atoms with Crippen LogP contribution >= 0.6 is 11.8 Å². The van der Waals surface area contributed by atoms with Gasteiger partial charge in [0.05, 0.1) is 42.4 Å². The van der Waals surface area contributed by atoms with E-state index in [1.165, 1.54) is 16.7 Å². The average Bonchev–Trinajstić information content (AvgIpc) is 2.79. The van der Waals surface area contributed by atoms with Crippen molar-refractivity contribution >= 4 is 23.6 Å². The molecule has 0 radical (unpaired) electrons. The lowest BCUT2D eigenvalue weighted by atomic mass is 9.83. The topological polar surface area (TPSA) is 106 Å². The lowest BCUT2D eigenvalue weighted by Crippen LogP contribution is -2.42. The van der Waals surface area contributed by atoms with Crippen LogP contribution in [0.4, 0.5) is 0 Å². The second kappa shape index (κ2) is 8.20. The molecule has 1 amide bonds. The van der Waals surface area contributed by atoms with Crippen molar-refractivity contribution in [2.45, 2.75) is 17.7 Å². The Kier molecular flexibility index (Phi) is 5.44. The van der Waals surface area contributed by atoms with Gasteiger partial charge in [-0.05, 0) is 36.8 Å². The van der Waals surface area contributed by atoms with Crippen molar-refractivity contribution in [3.05, 3.63) is 81.7 Å². The Labute approximate surface area is 183 Å². The van der Waals surface area contributed by atoms with Crippen molar-refractivity contribution in [1.82, 2.24) is 4.90 Å². The molecule has 1 unspecified atom stereocenters. The summed E-state index contributed by atoms with van der Waals surface area (Å²) in [7, 11) is 1.56. The SMILES string of the molecule is CCOC(=O)C1=C(N)N2C(=O)c3ccccc3SC2=C(C#N)C1c1ccc(OC)cc1. The molecular formula is C23H19N3O4S. The van der Waals surface area contributed by atoms with Gasteiger partial charge < -0.3 is 15.2 Å². The summed E-state index contributed by atoms with van der Waals surface area (Å²) in [6.07, 6.45) is 0. The third kappa shape index (κ3) is 3.33. The average molecular weight is 433 g/mol. The number of carbonyl (C=O) groups excluding carboxylic acids is 2. The Morgan fingerprint density at radius 2 is 1.94 bits per heavy atom. The molecule has 156 valence electrons. The number of carbonyl (C=O) groups is 2. The first-order valence-electron chi connectivity index (χ1n) is 9.58. The van der Waals surface area contributed by atoms with Crippen LogP contribution in [-0.2, 0) is 9.53 Å². The Bertz CT molecular complexity index is 1180. The standard InChI is InChI=1S/C23H19N3O4S/c1-3-30-23(28)19-18(13-8-10-14(29-2)11-9-13)16(12-24)22-26(20(19)25)21(27)15-6-4-5-7-17(15)31-22/h4-11,18H,3,25H2,1-2H3. The minimum absolute atomic E-state index is 0.0275. The molecule has 2 aliphatic rings. The lowest BCUT2D eigenvalue weighted by molar-refractivity contribution is -0.138. The second-order valence-corrected chi connectivity index (χ2v) is 7.83. The van der Waals surface area contributed by atoms with Gasteiger partial charge in [-0.15, -0.1) is 0 Å². The number of hydrogen-bond acceptors (Lipinski definition) is 7. The summed E-state index contributed by atoms with van der Waals surface area (Å²) in [4.78, 5) is 28.2. The molecule has 0 spiro atoms. The normalized spacial score (nSPS) is 17.6. The van der Waals surface area contributed by atoms with Crippen LogP contribution in [0.1, 0.15) is 28.8 Å². The summed E-state index contributed by atoms with van der Waals surface area (Å²) < 4.78 is 10.5. The number of amides is 1. The van der Waals surface area contributed by atoms with Gasteiger partial charge in [-0.25, -0.2) is 4.79 Å². The summed E-state index contributed by atoms with van der Waals surface area (Å²) in [5, 5.41) is 10.5. The van der Waals surface area contributed by atoms with E-state index in [1.54, 1.807) is 50.4 Å². The Morgan fingerprint density at radius 3 is 2.58 bits per heavy atom. The van der Waals surface area contributed by atoms with Crippen molar-refractivity contribution in [3.8, 4) is 11.8 Å². The number of hydrogen-bond donors (Lipinski definition) is 1. The smallest absolute Gasteiger partial charge is 0.338 e. The summed E-state index contributed by atoms with van der Waals surface area (Å²) in [6.45, 7) is 1.82. The second-order valence-electron chi connectivity index (χ2n) is 6.79. The first kappa shape index (κ1) is 20.6. The fourth-order valence-electron chi connectivity index (χ4n) is 3.70. The van der Waals surface area contributed by atoms with Crippen LogP contribution in [-0.4, -0.2) is 30.5 Å². The molecule has 2 aliphatic heterocycles. The number of rotatable bonds is 4. The number of ether oxygens (including phenoxy) is 2. The first-order valence-corrected chi connectivity index (χ1v) is 10.4. The van der Waals surface area contributed by atoms with E-state index in [-0.39, 0.29) is 29.5 Å². The largest absolute Gasteiger partial charge is 0.497 e. The predicted octanol–water partition coefficient (Wildman–Crippen LogP) is 3.51. The molecule has 8 heteroatoms. The van der Waals surface area contributed by atoms with Crippen LogP contribution in [0, 0.1) is 11.3 Å². The van der Waals surface area contributed by atoms with Crippen molar-refractivity contribution in [2.24, 2.45) is 5.73 Å². The summed E-state index contributed by atoms with van der Waals surface area (Å²) in [5.74, 6) is -1.21. The van der Waals surface area contributed by atoms with Crippen LogP contribution in [0.5, 0.6) is 5.75 Å². The van der Waals surface area contributed by atoms with Crippen molar-refractivity contribution in [2.75, 3.05) is 13.7 Å². The van der Waals surface area contributed by atoms with Gasteiger partial charge in [0.25, 0.3) is 5.91 Å². The molecule has 0 aliphatic carbocycles. The highest BCUT2D eigenvalue weighted by atomic mass is 32.2. The third-order valence-electron chi connectivity index (χ3n) is 5.12. The number of methoxy groups -OCH3 is 1. The van der Waals surface area contributed by atoms with Gasteiger partial charge in [0.15, 0.2) is 0 Å². The number of fused-ring (bicyclic) bond motifs is 2. The maximum Gasteiger partial charge on any atom is 0.338 e. The van der Waals surface area contributed by atoms with Gasteiger partial charge in [-0.1, -0.05) is 36.0 Å². The van der Waals surface area contributed by atoms with E-state index in [9.17, 15) is 14.9 Å². The van der Waals surface area contributed by atoms with E-state index >= 15 is 0 Å². The molecule has 2 N–H and O–H groups in total. The van der Waals surface area contributed by atoms with Crippen molar-refractivity contribution in [1.29, 1.82) is 5.26 Å². The fourth-order valence-corrected chi connectivity index (χ4v) is 4.86. The number of esters is 1. The molecule has 0 fully saturated rings. The van der Waals surface area contributed by atoms with Crippen LogP contribution in [0.2, 0.25) is 0 Å². The number of nitrogens with two attached hydrogens (primary N) is 1. The molecule has 0 bridgehead atoms. The van der Waals surface area contributed by atoms with Crippen LogP contribution in [0.15, 0.2) is 75.4 Å². The molecule has 1 atom stereocenters. The van der Waals surface area contributed by atoms with Gasteiger partial charge in [0, 0.05) is 4.90 Å². The molecule has 4 rings (SSSR count). The Hall–Kier alpha value is -3.70. The summed E-state index contributed by atoms with van der Waals surface area (Å²) >= 11 is 1.29. The highest BCUT2D eigenvalue weighted by Crippen LogP contribution is 2.49. The third-order valence-corrected chi connectivity index (χ3v) is 6.29. The van der Waals surface area contributed by atoms with Crippen molar-refractivity contribution < 1.29 is 19.1 Å². The molecule has 0 saturated carbocycles. The number of thioether (sulfide) groups is 1. The summed E-state index contributed by atoms with van der Waals surface area (Å²) in [5.41, 5.74) is 7.87. The minimum atomic E-state index is -0.772. The number of nitrogens with zero attached hydrogens (tertiary/aromatic N) is 2. The van der Waals surface area contributed by atoms with E-state index in [0.29, 0.717) is 21.9 Å². The molecular weight excluding hydrogens is 414 g/mol. The molecule has 31 heavy (non-hydrogen) atoms. The predicted molar refractivity (Wildman–Crippen MR) is 115 cm³/mol. The van der Waals surface area contributed by atoms with Gasteiger partial charge in [0.2, 0.25) is 0 Å². The van der Waals surface area contributed by atoms with Gasteiger partial charge in [0.1, 0.15) is 16.6 Å². The quantitative estimate of drug-likeness (QED) is 0.736. The zero-order chi connectivity index (χ0) is 22.1. The number of nitriles is 1. The van der Waals surface area contributed by atoms with E-state index in [2.05, 4.69) is 6.07 Å². The van der Waals surface area contributed by atoms with Crippen LogP contribution in [0.3, 0.4) is 0 Å². The van der Waals surface area contributed by atoms with E-state index in [0.717, 1.165) is 4.90 Å². The van der Waals surface area contributed by atoms with Crippen LogP contribution < -0.4 is 10.5 Å². The highest BCUT2D eigenvalue weighted by Gasteiger charge is 2.44. The maximum atomic E-state index is 13.3. The summed E-state index contributed by atoms with van der Waals surface area (Å²) in [6, 6.07) is 16.3. The van der Waals surface area contributed by atoms with Gasteiger partial charge >= 0.3 is 5.97 Å². The first-order chi connectivity index (χ1) is 15.0. The molecule has 0 aromatic heterocycles. The van der Waals surface area contributed by atoms with E-state index in [1.807, 2.05) is 12.1 Å². The molecule has 2 heterocycles. The molecule has 0 saturated heterocycles. The fraction of sp³-hybridized carbons (Fsp3) is 0.174. The maximum absolute atomic E-state index is 13.3. The lowest BCUT2D eigenvalue weighted by Gasteiger charge is -2.38. The number of allylic oxidation sites excluding steroid dienone is 1. The zero-order valence-corrected chi connectivity index (χ0v) is 17.7. The molecule has 2 aromatic rings. The zero-order valence-electron chi connectivity index (χ0n) is 16.9. The molecule has 2 aromatic carbocycles. The van der Waals surface area contributed by atoms with Gasteiger partial charge in [-0.3, -0.25) is 9.69 Å². The van der Waals surface area contributed by atoms with Crippen LogP contribution in [0.25, 0.3) is 0 Å². The van der Waals surface area contributed by atoms with Gasteiger partial charge in [-0.2, -0.15) is 5.26 Å².